The number of nitrogens with one attached hydrogen (secondary N) is 1. The summed E-state index contributed by atoms with van der Waals surface area (Å²) in [6.07, 6.45) is 1.13. The number of methoxy groups -OCH3 is 2. The lowest BCUT2D eigenvalue weighted by Gasteiger charge is -2.16. The Morgan fingerprint density at radius 2 is 1.68 bits per heavy atom. The molecule has 2 aromatic carbocycles. The fraction of sp³-hybridized carbons (Fsp3) is 0.350. The molecule has 2 rings (SSSR count). The van der Waals surface area contributed by atoms with E-state index in [0.717, 1.165) is 11.3 Å². The maximum atomic E-state index is 12.1. The van der Waals surface area contributed by atoms with Crippen LogP contribution in [0.15, 0.2) is 48.5 Å². The SMILES string of the molecule is COc1ccc(CCC(=O)NC(C)COc2ccccc2OC)cc1. The van der Waals surface area contributed by atoms with Crippen molar-refractivity contribution in [2.75, 3.05) is 20.8 Å². The van der Waals surface area contributed by atoms with Gasteiger partial charge in [0.25, 0.3) is 0 Å². The topological polar surface area (TPSA) is 56.8 Å². The minimum atomic E-state index is -0.0896. The Balaban J connectivity index is 1.73. The van der Waals surface area contributed by atoms with Crippen molar-refractivity contribution in [3.05, 3.63) is 54.1 Å². The van der Waals surface area contributed by atoms with Gasteiger partial charge in [0, 0.05) is 6.42 Å². The maximum Gasteiger partial charge on any atom is 0.220 e. The third kappa shape index (κ3) is 6.03. The van der Waals surface area contributed by atoms with Gasteiger partial charge >= 0.3 is 0 Å². The van der Waals surface area contributed by atoms with E-state index in [0.29, 0.717) is 30.9 Å². The van der Waals surface area contributed by atoms with Crippen molar-refractivity contribution in [1.82, 2.24) is 5.32 Å². The average Bonchev–Trinajstić information content (AvgIpc) is 2.65. The van der Waals surface area contributed by atoms with E-state index in [1.165, 1.54) is 0 Å². The number of rotatable bonds is 9. The fourth-order valence-corrected chi connectivity index (χ4v) is 2.39. The normalized spacial score (nSPS) is 11.5. The first-order valence-electron chi connectivity index (χ1n) is 8.30. The van der Waals surface area contributed by atoms with Crippen LogP contribution in [0.25, 0.3) is 0 Å². The molecule has 0 spiro atoms. The average molecular weight is 343 g/mol. The number of hydrogen-bond donors (Lipinski definition) is 1. The molecule has 0 radical (unpaired) electrons. The Bertz CT molecular complexity index is 670. The molecule has 2 aromatic rings. The third-order valence-corrected chi connectivity index (χ3v) is 3.77. The summed E-state index contributed by atoms with van der Waals surface area (Å²) in [4.78, 5) is 12.1. The van der Waals surface area contributed by atoms with Crippen LogP contribution in [0.1, 0.15) is 18.9 Å². The van der Waals surface area contributed by atoms with Crippen LogP contribution in [0.5, 0.6) is 17.2 Å². The lowest BCUT2D eigenvalue weighted by atomic mass is 10.1. The minimum absolute atomic E-state index is 0.00643. The van der Waals surface area contributed by atoms with E-state index in [9.17, 15) is 4.79 Å². The van der Waals surface area contributed by atoms with Crippen molar-refractivity contribution < 1.29 is 19.0 Å². The Hall–Kier alpha value is -2.69. The van der Waals surface area contributed by atoms with Crippen molar-refractivity contribution >= 4 is 5.91 Å². The fourth-order valence-electron chi connectivity index (χ4n) is 2.39. The zero-order valence-corrected chi connectivity index (χ0v) is 15.0. The van der Waals surface area contributed by atoms with E-state index in [4.69, 9.17) is 14.2 Å². The molecule has 25 heavy (non-hydrogen) atoms. The lowest BCUT2D eigenvalue weighted by molar-refractivity contribution is -0.121. The van der Waals surface area contributed by atoms with Gasteiger partial charge in [0.05, 0.1) is 20.3 Å². The molecule has 1 atom stereocenters. The molecular formula is C20H25NO4. The number of carbonyl (C=O) groups is 1. The predicted octanol–water partition coefficient (Wildman–Crippen LogP) is 3.22. The van der Waals surface area contributed by atoms with Crippen molar-refractivity contribution in [2.24, 2.45) is 0 Å². The number of carbonyl (C=O) groups excluding carboxylic acids is 1. The zero-order chi connectivity index (χ0) is 18.1. The number of amides is 1. The van der Waals surface area contributed by atoms with Crippen LogP contribution in [-0.4, -0.2) is 32.8 Å². The highest BCUT2D eigenvalue weighted by atomic mass is 16.5. The Kier molecular flexibility index (Phi) is 7.14. The van der Waals surface area contributed by atoms with Crippen molar-refractivity contribution in [3.63, 3.8) is 0 Å². The molecule has 0 aliphatic carbocycles. The van der Waals surface area contributed by atoms with Gasteiger partial charge in [0.2, 0.25) is 5.91 Å². The second kappa shape index (κ2) is 9.57. The molecule has 0 fully saturated rings. The van der Waals surface area contributed by atoms with Gasteiger partial charge in [-0.1, -0.05) is 24.3 Å². The minimum Gasteiger partial charge on any atom is -0.497 e. The summed E-state index contributed by atoms with van der Waals surface area (Å²) in [6, 6.07) is 15.1. The van der Waals surface area contributed by atoms with Crippen LogP contribution in [-0.2, 0) is 11.2 Å². The van der Waals surface area contributed by atoms with Crippen LogP contribution in [0.4, 0.5) is 0 Å². The van der Waals surface area contributed by atoms with Gasteiger partial charge in [-0.25, -0.2) is 0 Å². The van der Waals surface area contributed by atoms with Crippen molar-refractivity contribution in [1.29, 1.82) is 0 Å². The molecule has 5 nitrogen and oxygen atoms in total. The van der Waals surface area contributed by atoms with Gasteiger partial charge < -0.3 is 19.5 Å². The highest BCUT2D eigenvalue weighted by Gasteiger charge is 2.10. The number of ether oxygens (including phenoxy) is 3. The Morgan fingerprint density at radius 3 is 2.32 bits per heavy atom. The molecule has 0 saturated heterocycles. The van der Waals surface area contributed by atoms with Gasteiger partial charge in [-0.3, -0.25) is 4.79 Å². The first-order chi connectivity index (χ1) is 12.1. The standard InChI is InChI=1S/C20H25NO4/c1-15(14-25-19-7-5-4-6-18(19)24-3)21-20(22)13-10-16-8-11-17(23-2)12-9-16/h4-9,11-12,15H,10,13-14H2,1-3H3,(H,21,22). The summed E-state index contributed by atoms with van der Waals surface area (Å²) < 4.78 is 16.1. The second-order valence-corrected chi connectivity index (χ2v) is 5.78. The molecule has 1 amide bonds. The number of hydrogen-bond acceptors (Lipinski definition) is 4. The predicted molar refractivity (Wildman–Crippen MR) is 97.4 cm³/mol. The van der Waals surface area contributed by atoms with E-state index in [1.807, 2.05) is 55.5 Å². The number of aryl methyl sites for hydroxylation is 1. The van der Waals surface area contributed by atoms with E-state index >= 15 is 0 Å². The van der Waals surface area contributed by atoms with Gasteiger partial charge in [0.15, 0.2) is 11.5 Å². The summed E-state index contributed by atoms with van der Waals surface area (Å²) in [5.74, 6) is 2.17. The first kappa shape index (κ1) is 18.6. The van der Waals surface area contributed by atoms with E-state index < -0.39 is 0 Å². The van der Waals surface area contributed by atoms with Gasteiger partial charge in [-0.2, -0.15) is 0 Å². The smallest absolute Gasteiger partial charge is 0.220 e. The van der Waals surface area contributed by atoms with Crippen LogP contribution in [0.2, 0.25) is 0 Å². The molecule has 0 aliphatic heterocycles. The van der Waals surface area contributed by atoms with Crippen LogP contribution >= 0.6 is 0 Å². The molecule has 0 saturated carbocycles. The molecule has 1 N–H and O–H groups in total. The van der Waals surface area contributed by atoms with Crippen LogP contribution in [0.3, 0.4) is 0 Å². The van der Waals surface area contributed by atoms with E-state index in [2.05, 4.69) is 5.32 Å². The molecule has 0 aliphatic rings. The van der Waals surface area contributed by atoms with Crippen molar-refractivity contribution in [3.8, 4) is 17.2 Å². The summed E-state index contributed by atoms with van der Waals surface area (Å²) in [7, 11) is 3.24. The molecular weight excluding hydrogens is 318 g/mol. The summed E-state index contributed by atoms with van der Waals surface area (Å²) in [5, 5.41) is 2.95. The monoisotopic (exact) mass is 343 g/mol. The molecule has 1 unspecified atom stereocenters. The second-order valence-electron chi connectivity index (χ2n) is 5.78. The van der Waals surface area contributed by atoms with Gasteiger partial charge in [0.1, 0.15) is 12.4 Å². The number of para-hydroxylation sites is 2. The highest BCUT2D eigenvalue weighted by Crippen LogP contribution is 2.25. The Morgan fingerprint density at radius 1 is 1.00 bits per heavy atom. The largest absolute Gasteiger partial charge is 0.497 e. The zero-order valence-electron chi connectivity index (χ0n) is 15.0. The maximum absolute atomic E-state index is 12.1. The quantitative estimate of drug-likeness (QED) is 0.759. The summed E-state index contributed by atoms with van der Waals surface area (Å²) in [5.41, 5.74) is 1.11. The molecule has 0 bridgehead atoms. The molecule has 0 heterocycles. The summed E-state index contributed by atoms with van der Waals surface area (Å²) in [6.45, 7) is 2.30. The molecule has 5 heteroatoms. The summed E-state index contributed by atoms with van der Waals surface area (Å²) >= 11 is 0. The van der Waals surface area contributed by atoms with Crippen molar-refractivity contribution in [2.45, 2.75) is 25.8 Å². The van der Waals surface area contributed by atoms with Gasteiger partial charge in [-0.15, -0.1) is 0 Å². The highest BCUT2D eigenvalue weighted by molar-refractivity contribution is 5.76. The number of benzene rings is 2. The first-order valence-corrected chi connectivity index (χ1v) is 8.30. The van der Waals surface area contributed by atoms with E-state index in [1.54, 1.807) is 14.2 Å². The molecule has 134 valence electrons. The van der Waals surface area contributed by atoms with Crippen LogP contribution in [0, 0.1) is 0 Å². The van der Waals surface area contributed by atoms with Crippen LogP contribution < -0.4 is 19.5 Å². The Labute approximate surface area is 148 Å². The van der Waals surface area contributed by atoms with E-state index in [-0.39, 0.29) is 11.9 Å². The molecule has 0 aromatic heterocycles. The van der Waals surface area contributed by atoms with Gasteiger partial charge in [-0.05, 0) is 43.2 Å². The lowest BCUT2D eigenvalue weighted by Crippen LogP contribution is -2.36. The third-order valence-electron chi connectivity index (χ3n) is 3.77.